The first-order chi connectivity index (χ1) is 8.90. The Morgan fingerprint density at radius 1 is 1.47 bits per heavy atom. The van der Waals surface area contributed by atoms with Gasteiger partial charge in [-0.25, -0.2) is 9.59 Å². The van der Waals surface area contributed by atoms with Crippen molar-refractivity contribution < 1.29 is 19.4 Å². The number of amides is 2. The van der Waals surface area contributed by atoms with Crippen molar-refractivity contribution in [1.82, 2.24) is 10.2 Å². The van der Waals surface area contributed by atoms with Crippen LogP contribution in [-0.4, -0.2) is 54.4 Å². The van der Waals surface area contributed by atoms with Crippen molar-refractivity contribution in [3.8, 4) is 0 Å². The molecule has 1 aliphatic heterocycles. The molecule has 0 aromatic carbocycles. The van der Waals surface area contributed by atoms with Gasteiger partial charge in [-0.1, -0.05) is 13.8 Å². The van der Waals surface area contributed by atoms with Crippen LogP contribution in [0, 0.1) is 5.92 Å². The molecule has 1 rings (SSSR count). The molecule has 6 heteroatoms. The molecular formula is C13H24N2O4. The molecule has 6 nitrogen and oxygen atoms in total. The van der Waals surface area contributed by atoms with Crippen molar-refractivity contribution in [2.24, 2.45) is 5.92 Å². The summed E-state index contributed by atoms with van der Waals surface area (Å²) in [6.07, 6.45) is 2.47. The number of carbonyl (C=O) groups excluding carboxylic acids is 1. The fourth-order valence-electron chi connectivity index (χ4n) is 2.13. The molecule has 0 saturated carbocycles. The number of urea groups is 1. The van der Waals surface area contributed by atoms with Gasteiger partial charge in [0, 0.05) is 20.2 Å². The third-order valence-corrected chi connectivity index (χ3v) is 3.15. The van der Waals surface area contributed by atoms with Gasteiger partial charge in [0.25, 0.3) is 0 Å². The molecular weight excluding hydrogens is 248 g/mol. The van der Waals surface area contributed by atoms with Crippen molar-refractivity contribution in [3.63, 3.8) is 0 Å². The van der Waals surface area contributed by atoms with Gasteiger partial charge >= 0.3 is 12.0 Å². The zero-order valence-electron chi connectivity index (χ0n) is 11.9. The van der Waals surface area contributed by atoms with Gasteiger partial charge in [0.15, 0.2) is 0 Å². The third kappa shape index (κ3) is 5.46. The summed E-state index contributed by atoms with van der Waals surface area (Å²) in [7, 11) is 1.66. The minimum atomic E-state index is -0.993. The highest BCUT2D eigenvalue weighted by atomic mass is 16.5. The van der Waals surface area contributed by atoms with Gasteiger partial charge in [-0.05, 0) is 25.2 Å². The lowest BCUT2D eigenvalue weighted by molar-refractivity contribution is -0.139. The van der Waals surface area contributed by atoms with E-state index in [0.717, 1.165) is 19.4 Å². The van der Waals surface area contributed by atoms with Crippen LogP contribution in [0.1, 0.15) is 33.1 Å². The Morgan fingerprint density at radius 3 is 2.63 bits per heavy atom. The van der Waals surface area contributed by atoms with Crippen molar-refractivity contribution in [1.29, 1.82) is 0 Å². The Hall–Kier alpha value is -1.30. The maximum Gasteiger partial charge on any atom is 0.326 e. The summed E-state index contributed by atoms with van der Waals surface area (Å²) in [5.41, 5.74) is 0. The van der Waals surface area contributed by atoms with E-state index in [-0.39, 0.29) is 18.1 Å². The van der Waals surface area contributed by atoms with Gasteiger partial charge in [0.1, 0.15) is 6.04 Å². The molecule has 1 fully saturated rings. The number of likely N-dealkylation sites (N-methyl/N-ethyl adjacent to an activating group) is 1. The summed E-state index contributed by atoms with van der Waals surface area (Å²) in [4.78, 5) is 24.5. The van der Waals surface area contributed by atoms with Gasteiger partial charge in [0.2, 0.25) is 0 Å². The van der Waals surface area contributed by atoms with Gasteiger partial charge < -0.3 is 20.1 Å². The molecule has 0 bridgehead atoms. The molecule has 0 aromatic rings. The standard InChI is InChI=1S/C13H24N2O4/c1-9(2)7-11(12(16)17)14-13(18)15(3)8-10-5-4-6-19-10/h9-11H,4-8H2,1-3H3,(H,14,18)(H,16,17). The van der Waals surface area contributed by atoms with Crippen LogP contribution in [-0.2, 0) is 9.53 Å². The fraction of sp³-hybridized carbons (Fsp3) is 0.846. The molecule has 2 atom stereocenters. The van der Waals surface area contributed by atoms with E-state index in [9.17, 15) is 9.59 Å². The van der Waals surface area contributed by atoms with Gasteiger partial charge in [-0.15, -0.1) is 0 Å². The Labute approximate surface area is 114 Å². The van der Waals surface area contributed by atoms with E-state index in [1.165, 1.54) is 4.90 Å². The molecule has 2 unspecified atom stereocenters. The highest BCUT2D eigenvalue weighted by Crippen LogP contribution is 2.13. The molecule has 1 saturated heterocycles. The fourth-order valence-corrected chi connectivity index (χ4v) is 2.13. The first kappa shape index (κ1) is 15.8. The summed E-state index contributed by atoms with van der Waals surface area (Å²) in [5.74, 6) is -0.780. The monoisotopic (exact) mass is 272 g/mol. The number of rotatable bonds is 6. The zero-order chi connectivity index (χ0) is 14.4. The molecule has 110 valence electrons. The van der Waals surface area contributed by atoms with Crippen LogP contribution >= 0.6 is 0 Å². The number of carboxylic acids is 1. The normalized spacial score (nSPS) is 20.3. The van der Waals surface area contributed by atoms with Crippen LogP contribution in [0.15, 0.2) is 0 Å². The lowest BCUT2D eigenvalue weighted by atomic mass is 10.0. The van der Waals surface area contributed by atoms with Crippen molar-refractivity contribution in [2.75, 3.05) is 20.2 Å². The third-order valence-electron chi connectivity index (χ3n) is 3.15. The first-order valence-electron chi connectivity index (χ1n) is 6.76. The number of ether oxygens (including phenoxy) is 1. The number of hydrogen-bond donors (Lipinski definition) is 2. The SMILES string of the molecule is CC(C)CC(NC(=O)N(C)CC1CCCO1)C(=O)O. The second kappa shape index (κ2) is 7.33. The minimum Gasteiger partial charge on any atom is -0.480 e. The summed E-state index contributed by atoms with van der Waals surface area (Å²) in [6.45, 7) is 5.10. The molecule has 2 amide bonds. The van der Waals surface area contributed by atoms with E-state index in [1.807, 2.05) is 13.8 Å². The van der Waals surface area contributed by atoms with Crippen molar-refractivity contribution in [2.45, 2.75) is 45.3 Å². The van der Waals surface area contributed by atoms with Crippen LogP contribution < -0.4 is 5.32 Å². The first-order valence-corrected chi connectivity index (χ1v) is 6.76. The number of hydrogen-bond acceptors (Lipinski definition) is 3. The number of carbonyl (C=O) groups is 2. The van der Waals surface area contributed by atoms with E-state index in [2.05, 4.69) is 5.32 Å². The second-order valence-electron chi connectivity index (χ2n) is 5.49. The topological polar surface area (TPSA) is 78.9 Å². The summed E-state index contributed by atoms with van der Waals surface area (Å²) >= 11 is 0. The number of nitrogens with zero attached hydrogens (tertiary/aromatic N) is 1. The van der Waals surface area contributed by atoms with Gasteiger partial charge in [0.05, 0.1) is 6.10 Å². The largest absolute Gasteiger partial charge is 0.480 e. The molecule has 0 aromatic heterocycles. The lowest BCUT2D eigenvalue weighted by Gasteiger charge is -2.24. The van der Waals surface area contributed by atoms with E-state index in [0.29, 0.717) is 13.0 Å². The van der Waals surface area contributed by atoms with Crippen LogP contribution in [0.5, 0.6) is 0 Å². The maximum atomic E-state index is 11.9. The number of nitrogens with one attached hydrogen (secondary N) is 1. The highest BCUT2D eigenvalue weighted by Gasteiger charge is 2.25. The molecule has 0 aliphatic carbocycles. The molecule has 2 N–H and O–H groups in total. The van der Waals surface area contributed by atoms with Crippen LogP contribution in [0.4, 0.5) is 4.79 Å². The minimum absolute atomic E-state index is 0.0733. The van der Waals surface area contributed by atoms with Gasteiger partial charge in [-0.3, -0.25) is 0 Å². The molecule has 1 heterocycles. The highest BCUT2D eigenvalue weighted by molar-refractivity contribution is 5.82. The van der Waals surface area contributed by atoms with Crippen LogP contribution in [0.2, 0.25) is 0 Å². The number of aliphatic carboxylic acids is 1. The van der Waals surface area contributed by atoms with Crippen molar-refractivity contribution >= 4 is 12.0 Å². The maximum absolute atomic E-state index is 11.9. The van der Waals surface area contributed by atoms with E-state index < -0.39 is 12.0 Å². The Balaban J connectivity index is 2.43. The summed E-state index contributed by atoms with van der Waals surface area (Å²) < 4.78 is 5.45. The lowest BCUT2D eigenvalue weighted by Crippen LogP contribution is -2.48. The van der Waals surface area contributed by atoms with Crippen molar-refractivity contribution in [3.05, 3.63) is 0 Å². The van der Waals surface area contributed by atoms with Crippen LogP contribution in [0.25, 0.3) is 0 Å². The molecule has 19 heavy (non-hydrogen) atoms. The Morgan fingerprint density at radius 2 is 2.16 bits per heavy atom. The second-order valence-corrected chi connectivity index (χ2v) is 5.49. The summed E-state index contributed by atoms with van der Waals surface area (Å²) in [5, 5.41) is 11.6. The molecule has 0 radical (unpaired) electrons. The predicted molar refractivity (Wildman–Crippen MR) is 71.0 cm³/mol. The average molecular weight is 272 g/mol. The quantitative estimate of drug-likeness (QED) is 0.764. The average Bonchev–Trinajstić information content (AvgIpc) is 2.79. The van der Waals surface area contributed by atoms with E-state index >= 15 is 0 Å². The summed E-state index contributed by atoms with van der Waals surface area (Å²) in [6, 6.07) is -1.19. The number of carboxylic acid groups (broad SMARTS) is 1. The Kier molecular flexibility index (Phi) is 6.08. The zero-order valence-corrected chi connectivity index (χ0v) is 11.9. The van der Waals surface area contributed by atoms with Crippen LogP contribution in [0.3, 0.4) is 0 Å². The molecule has 0 spiro atoms. The van der Waals surface area contributed by atoms with E-state index in [1.54, 1.807) is 7.05 Å². The van der Waals surface area contributed by atoms with E-state index in [4.69, 9.17) is 9.84 Å². The smallest absolute Gasteiger partial charge is 0.326 e. The van der Waals surface area contributed by atoms with Gasteiger partial charge in [-0.2, -0.15) is 0 Å². The molecule has 1 aliphatic rings. The Bertz CT molecular complexity index is 314. The predicted octanol–water partition coefficient (Wildman–Crippen LogP) is 1.31.